The molecular weight excluding hydrogens is 227 g/mol. The number of ether oxygens (including phenoxy) is 1. The van der Waals surface area contributed by atoms with Gasteiger partial charge < -0.3 is 4.74 Å². The van der Waals surface area contributed by atoms with Crippen LogP contribution in [0.2, 0.25) is 10.0 Å². The zero-order chi connectivity index (χ0) is 10.7. The van der Waals surface area contributed by atoms with Gasteiger partial charge in [0.05, 0.1) is 17.2 Å². The van der Waals surface area contributed by atoms with Crippen LogP contribution in [0.15, 0.2) is 12.1 Å². The van der Waals surface area contributed by atoms with Crippen molar-refractivity contribution in [1.82, 2.24) is 5.43 Å². The van der Waals surface area contributed by atoms with Gasteiger partial charge in [-0.05, 0) is 12.1 Å². The van der Waals surface area contributed by atoms with Crippen molar-refractivity contribution < 1.29 is 9.53 Å². The summed E-state index contributed by atoms with van der Waals surface area (Å²) < 4.78 is 4.95. The molecule has 1 aromatic rings. The Labute approximate surface area is 90.9 Å². The maximum Gasteiger partial charge on any atom is 0.270 e. The standard InChI is InChI=1S/C8H8Cl2N2O2/c1-14-7-5(10)3-2-4(9)6(7)8(13)12-11/h2-3H,11H2,1H3,(H,12,13). The van der Waals surface area contributed by atoms with E-state index in [1.54, 1.807) is 0 Å². The van der Waals surface area contributed by atoms with Crippen LogP contribution in [-0.4, -0.2) is 13.0 Å². The van der Waals surface area contributed by atoms with Gasteiger partial charge >= 0.3 is 0 Å². The van der Waals surface area contributed by atoms with Gasteiger partial charge in [0.15, 0.2) is 5.75 Å². The second-order valence-corrected chi connectivity index (χ2v) is 3.23. The number of carbonyl (C=O) groups excluding carboxylic acids is 1. The van der Waals surface area contributed by atoms with E-state index in [1.807, 2.05) is 5.43 Å². The van der Waals surface area contributed by atoms with Crippen molar-refractivity contribution in [2.75, 3.05) is 7.11 Å². The highest BCUT2D eigenvalue weighted by molar-refractivity contribution is 6.37. The molecule has 0 unspecified atom stereocenters. The molecule has 0 heterocycles. The number of carbonyl (C=O) groups is 1. The van der Waals surface area contributed by atoms with Gasteiger partial charge in [-0.3, -0.25) is 10.2 Å². The van der Waals surface area contributed by atoms with Crippen molar-refractivity contribution in [3.8, 4) is 5.75 Å². The third-order valence-corrected chi connectivity index (χ3v) is 2.23. The maximum atomic E-state index is 11.3. The molecule has 1 amide bonds. The summed E-state index contributed by atoms with van der Waals surface area (Å²) >= 11 is 11.6. The first-order valence-corrected chi connectivity index (χ1v) is 4.40. The van der Waals surface area contributed by atoms with E-state index < -0.39 is 5.91 Å². The van der Waals surface area contributed by atoms with Gasteiger partial charge in [0.1, 0.15) is 5.56 Å². The summed E-state index contributed by atoms with van der Waals surface area (Å²) in [4.78, 5) is 11.3. The average Bonchev–Trinajstić information content (AvgIpc) is 2.19. The van der Waals surface area contributed by atoms with Crippen molar-refractivity contribution >= 4 is 29.1 Å². The molecule has 0 aliphatic rings. The predicted octanol–water partition coefficient (Wildman–Crippen LogP) is 1.61. The lowest BCUT2D eigenvalue weighted by Gasteiger charge is -2.10. The number of nitrogens with one attached hydrogen (secondary N) is 1. The number of nitrogens with two attached hydrogens (primary N) is 1. The van der Waals surface area contributed by atoms with Crippen molar-refractivity contribution in [2.24, 2.45) is 5.84 Å². The molecule has 0 bridgehead atoms. The van der Waals surface area contributed by atoms with Crippen LogP contribution in [0.4, 0.5) is 0 Å². The van der Waals surface area contributed by atoms with Gasteiger partial charge in [0.25, 0.3) is 5.91 Å². The number of benzene rings is 1. The highest BCUT2D eigenvalue weighted by Crippen LogP contribution is 2.33. The molecule has 1 aromatic carbocycles. The molecule has 0 aromatic heterocycles. The monoisotopic (exact) mass is 234 g/mol. The molecule has 0 spiro atoms. The molecule has 14 heavy (non-hydrogen) atoms. The lowest BCUT2D eigenvalue weighted by atomic mass is 10.2. The molecule has 0 saturated heterocycles. The predicted molar refractivity (Wildman–Crippen MR) is 54.7 cm³/mol. The number of methoxy groups -OCH3 is 1. The van der Waals surface area contributed by atoms with Gasteiger partial charge in [0, 0.05) is 0 Å². The quantitative estimate of drug-likeness (QED) is 0.465. The van der Waals surface area contributed by atoms with Crippen molar-refractivity contribution in [2.45, 2.75) is 0 Å². The lowest BCUT2D eigenvalue weighted by Crippen LogP contribution is -2.30. The number of rotatable bonds is 2. The SMILES string of the molecule is COc1c(Cl)ccc(Cl)c1C(=O)NN. The Morgan fingerprint density at radius 3 is 2.50 bits per heavy atom. The first-order valence-electron chi connectivity index (χ1n) is 3.64. The van der Waals surface area contributed by atoms with E-state index in [2.05, 4.69) is 0 Å². The second-order valence-electron chi connectivity index (χ2n) is 2.41. The fourth-order valence-corrected chi connectivity index (χ4v) is 1.49. The molecule has 0 aliphatic carbocycles. The maximum absolute atomic E-state index is 11.3. The normalized spacial score (nSPS) is 9.71. The number of amides is 1. The van der Waals surface area contributed by atoms with Gasteiger partial charge in [-0.25, -0.2) is 5.84 Å². The Kier molecular flexibility index (Phi) is 3.57. The Balaban J connectivity index is 3.37. The molecule has 0 fully saturated rings. The van der Waals surface area contributed by atoms with Crippen molar-refractivity contribution in [3.05, 3.63) is 27.7 Å². The van der Waals surface area contributed by atoms with E-state index in [9.17, 15) is 4.79 Å². The summed E-state index contributed by atoms with van der Waals surface area (Å²) in [5.41, 5.74) is 2.09. The van der Waals surface area contributed by atoms with Crippen LogP contribution in [0.5, 0.6) is 5.75 Å². The van der Waals surface area contributed by atoms with Crippen LogP contribution in [0.1, 0.15) is 10.4 Å². The fourth-order valence-electron chi connectivity index (χ4n) is 1.02. The molecule has 0 aliphatic heterocycles. The molecule has 0 atom stereocenters. The van der Waals surface area contributed by atoms with E-state index in [-0.39, 0.29) is 16.3 Å². The van der Waals surface area contributed by atoms with Gasteiger partial charge in [-0.1, -0.05) is 23.2 Å². The third-order valence-electron chi connectivity index (χ3n) is 1.62. The molecular formula is C8H8Cl2N2O2. The number of hydrogen-bond donors (Lipinski definition) is 2. The molecule has 76 valence electrons. The van der Waals surface area contributed by atoms with Gasteiger partial charge in [-0.15, -0.1) is 0 Å². The first kappa shape index (κ1) is 11.1. The smallest absolute Gasteiger partial charge is 0.270 e. The highest BCUT2D eigenvalue weighted by atomic mass is 35.5. The zero-order valence-corrected chi connectivity index (χ0v) is 8.82. The Morgan fingerprint density at radius 1 is 1.43 bits per heavy atom. The number of halogens is 2. The summed E-state index contributed by atoms with van der Waals surface area (Å²) in [6.45, 7) is 0. The largest absolute Gasteiger partial charge is 0.494 e. The van der Waals surface area contributed by atoms with Crippen LogP contribution < -0.4 is 16.0 Å². The molecule has 6 heteroatoms. The van der Waals surface area contributed by atoms with E-state index in [0.717, 1.165) is 0 Å². The van der Waals surface area contributed by atoms with E-state index in [1.165, 1.54) is 19.2 Å². The Morgan fingerprint density at radius 2 is 2.00 bits per heavy atom. The molecule has 0 radical (unpaired) electrons. The van der Waals surface area contributed by atoms with Crippen LogP contribution in [-0.2, 0) is 0 Å². The van der Waals surface area contributed by atoms with Crippen LogP contribution in [0, 0.1) is 0 Å². The number of hydrazine groups is 1. The lowest BCUT2D eigenvalue weighted by molar-refractivity contribution is 0.0951. The fraction of sp³-hybridized carbons (Fsp3) is 0.125. The van der Waals surface area contributed by atoms with Crippen molar-refractivity contribution in [3.63, 3.8) is 0 Å². The third kappa shape index (κ3) is 1.92. The topological polar surface area (TPSA) is 64.3 Å². The summed E-state index contributed by atoms with van der Waals surface area (Å²) in [7, 11) is 1.39. The van der Waals surface area contributed by atoms with E-state index >= 15 is 0 Å². The summed E-state index contributed by atoms with van der Waals surface area (Å²) in [6.07, 6.45) is 0. The Bertz CT molecular complexity index is 369. The number of hydrogen-bond acceptors (Lipinski definition) is 3. The number of nitrogen functional groups attached to an aromatic ring is 1. The first-order chi connectivity index (χ1) is 6.61. The minimum atomic E-state index is -0.547. The molecule has 3 N–H and O–H groups in total. The average molecular weight is 235 g/mol. The van der Waals surface area contributed by atoms with Crippen LogP contribution in [0.3, 0.4) is 0 Å². The molecule has 4 nitrogen and oxygen atoms in total. The Hall–Kier alpha value is -0.970. The van der Waals surface area contributed by atoms with Crippen molar-refractivity contribution in [1.29, 1.82) is 0 Å². The van der Waals surface area contributed by atoms with Gasteiger partial charge in [-0.2, -0.15) is 0 Å². The van der Waals surface area contributed by atoms with E-state index in [0.29, 0.717) is 5.02 Å². The molecule has 0 saturated carbocycles. The zero-order valence-electron chi connectivity index (χ0n) is 7.30. The minimum absolute atomic E-state index is 0.129. The van der Waals surface area contributed by atoms with Gasteiger partial charge in [0.2, 0.25) is 0 Å². The summed E-state index contributed by atoms with van der Waals surface area (Å²) in [5.74, 6) is 4.65. The minimum Gasteiger partial charge on any atom is -0.494 e. The molecule has 1 rings (SSSR count). The second kappa shape index (κ2) is 4.50. The highest BCUT2D eigenvalue weighted by Gasteiger charge is 2.18. The van der Waals surface area contributed by atoms with Crippen LogP contribution in [0.25, 0.3) is 0 Å². The summed E-state index contributed by atoms with van der Waals surface area (Å²) in [6, 6.07) is 3.03. The van der Waals surface area contributed by atoms with Crippen LogP contribution >= 0.6 is 23.2 Å². The van der Waals surface area contributed by atoms with E-state index in [4.69, 9.17) is 33.8 Å². The summed E-state index contributed by atoms with van der Waals surface area (Å²) in [5, 5.41) is 0.532.